The first kappa shape index (κ1) is 16.4. The van der Waals surface area contributed by atoms with Crippen LogP contribution >= 0.6 is 35.7 Å². The van der Waals surface area contributed by atoms with Gasteiger partial charge >= 0.3 is 0 Å². The maximum atomic E-state index is 5.82. The van der Waals surface area contributed by atoms with Gasteiger partial charge in [-0.25, -0.2) is 0 Å². The first-order chi connectivity index (χ1) is 7.33. The molecule has 0 bridgehead atoms. The van der Waals surface area contributed by atoms with E-state index in [1.165, 1.54) is 37.9 Å². The quantitative estimate of drug-likeness (QED) is 0.344. The maximum absolute atomic E-state index is 5.82. The van der Waals surface area contributed by atoms with Crippen LogP contribution in [0.3, 0.4) is 0 Å². The molecule has 0 radical (unpaired) electrons. The van der Waals surface area contributed by atoms with Crippen molar-refractivity contribution >= 4 is 41.7 Å². The summed E-state index contributed by atoms with van der Waals surface area (Å²) in [6.45, 7) is 0.854. The Morgan fingerprint density at radius 2 is 2.06 bits per heavy atom. The molecule has 0 atom stereocenters. The molecule has 0 spiro atoms. The minimum Gasteiger partial charge on any atom is -0.370 e. The molecule has 0 aromatic carbocycles. The number of halogens is 1. The van der Waals surface area contributed by atoms with Gasteiger partial charge in [0.2, 0.25) is 0 Å². The van der Waals surface area contributed by atoms with Crippen molar-refractivity contribution in [1.82, 2.24) is 5.32 Å². The monoisotopic (exact) mass is 357 g/mol. The first-order valence-electron chi connectivity index (χ1n) is 5.88. The van der Waals surface area contributed by atoms with Crippen molar-refractivity contribution in [3.05, 3.63) is 0 Å². The third-order valence-electron chi connectivity index (χ3n) is 2.75. The Balaban J connectivity index is 0.00000225. The Kier molecular flexibility index (Phi) is 10.7. The van der Waals surface area contributed by atoms with Crippen molar-refractivity contribution in [2.24, 2.45) is 10.7 Å². The first-order valence-corrected chi connectivity index (χ1v) is 7.27. The number of guanidine groups is 1. The van der Waals surface area contributed by atoms with Crippen LogP contribution in [-0.2, 0) is 0 Å². The van der Waals surface area contributed by atoms with Crippen LogP contribution in [0, 0.1) is 0 Å². The minimum absolute atomic E-state index is 0. The summed E-state index contributed by atoms with van der Waals surface area (Å²) in [7, 11) is 0. The third kappa shape index (κ3) is 7.60. The molecular weight excluding hydrogens is 333 g/mol. The van der Waals surface area contributed by atoms with Gasteiger partial charge in [-0.3, -0.25) is 4.99 Å². The number of nitrogens with one attached hydrogen (secondary N) is 1. The van der Waals surface area contributed by atoms with Crippen molar-refractivity contribution in [1.29, 1.82) is 0 Å². The molecule has 5 heteroatoms. The average molecular weight is 357 g/mol. The maximum Gasteiger partial charge on any atom is 0.188 e. The normalized spacial score (nSPS) is 17.9. The van der Waals surface area contributed by atoms with Crippen LogP contribution in [0.4, 0.5) is 0 Å². The highest BCUT2D eigenvalue weighted by Crippen LogP contribution is 2.16. The summed E-state index contributed by atoms with van der Waals surface area (Å²) in [5.41, 5.74) is 5.82. The number of aliphatic imine (C=N–C) groups is 1. The Morgan fingerprint density at radius 3 is 2.69 bits per heavy atom. The number of nitrogens with two attached hydrogens (primary N) is 1. The fourth-order valence-electron chi connectivity index (χ4n) is 1.91. The molecular formula is C11H24IN3S. The molecule has 1 fully saturated rings. The molecule has 1 aliphatic rings. The zero-order valence-corrected chi connectivity index (χ0v) is 13.2. The van der Waals surface area contributed by atoms with Crippen LogP contribution in [0.25, 0.3) is 0 Å². The Hall–Kier alpha value is 0.350. The second kappa shape index (κ2) is 10.5. The summed E-state index contributed by atoms with van der Waals surface area (Å²) >= 11 is 1.86. The van der Waals surface area contributed by atoms with Crippen LogP contribution < -0.4 is 11.1 Å². The highest BCUT2D eigenvalue weighted by molar-refractivity contribution is 14.0. The largest absolute Gasteiger partial charge is 0.370 e. The number of nitrogens with zero attached hydrogens (tertiary/aromatic N) is 1. The topological polar surface area (TPSA) is 50.4 Å². The number of hydrogen-bond acceptors (Lipinski definition) is 2. The molecule has 0 unspecified atom stereocenters. The second-order valence-electron chi connectivity index (χ2n) is 4.09. The van der Waals surface area contributed by atoms with Gasteiger partial charge in [-0.15, -0.1) is 24.0 Å². The van der Waals surface area contributed by atoms with Gasteiger partial charge in [0.1, 0.15) is 0 Å². The molecule has 3 N–H and O–H groups in total. The number of rotatable bonds is 5. The van der Waals surface area contributed by atoms with Gasteiger partial charge in [0, 0.05) is 12.6 Å². The zero-order valence-electron chi connectivity index (χ0n) is 10.1. The molecule has 3 nitrogen and oxygen atoms in total. The summed E-state index contributed by atoms with van der Waals surface area (Å²) in [5, 5.41) is 3.32. The molecule has 96 valence electrons. The van der Waals surface area contributed by atoms with Gasteiger partial charge < -0.3 is 11.1 Å². The molecule has 0 heterocycles. The molecule has 16 heavy (non-hydrogen) atoms. The second-order valence-corrected chi connectivity index (χ2v) is 5.08. The molecule has 1 rings (SSSR count). The van der Waals surface area contributed by atoms with E-state index in [1.807, 2.05) is 11.8 Å². The smallest absolute Gasteiger partial charge is 0.188 e. The van der Waals surface area contributed by atoms with E-state index in [4.69, 9.17) is 5.73 Å². The molecule has 1 aliphatic carbocycles. The predicted octanol–water partition coefficient (Wildman–Crippen LogP) is 2.59. The lowest BCUT2D eigenvalue weighted by Gasteiger charge is -2.23. The third-order valence-corrected chi connectivity index (χ3v) is 3.44. The predicted molar refractivity (Wildman–Crippen MR) is 84.9 cm³/mol. The van der Waals surface area contributed by atoms with Gasteiger partial charge in [-0.2, -0.15) is 11.8 Å². The van der Waals surface area contributed by atoms with Crippen LogP contribution in [0.1, 0.15) is 38.5 Å². The van der Waals surface area contributed by atoms with E-state index in [2.05, 4.69) is 16.6 Å². The SMILES string of the molecule is CSCCCN=C(N)NC1CCCCC1.I. The average Bonchev–Trinajstić information content (AvgIpc) is 2.26. The summed E-state index contributed by atoms with van der Waals surface area (Å²) < 4.78 is 0. The molecule has 0 amide bonds. The summed E-state index contributed by atoms with van der Waals surface area (Å²) in [6, 6.07) is 0.572. The van der Waals surface area contributed by atoms with E-state index >= 15 is 0 Å². The lowest BCUT2D eigenvalue weighted by molar-refractivity contribution is 0.412. The van der Waals surface area contributed by atoms with Crippen molar-refractivity contribution < 1.29 is 0 Å². The number of hydrogen-bond donors (Lipinski definition) is 2. The summed E-state index contributed by atoms with van der Waals surface area (Å²) in [5.74, 6) is 1.81. The van der Waals surface area contributed by atoms with Crippen molar-refractivity contribution in [2.45, 2.75) is 44.6 Å². The van der Waals surface area contributed by atoms with E-state index in [-0.39, 0.29) is 24.0 Å². The van der Waals surface area contributed by atoms with E-state index in [9.17, 15) is 0 Å². The fourth-order valence-corrected chi connectivity index (χ4v) is 2.33. The Bertz CT molecular complexity index is 194. The lowest BCUT2D eigenvalue weighted by Crippen LogP contribution is -2.41. The van der Waals surface area contributed by atoms with Crippen molar-refractivity contribution in [3.8, 4) is 0 Å². The highest BCUT2D eigenvalue weighted by atomic mass is 127. The highest BCUT2D eigenvalue weighted by Gasteiger charge is 2.12. The van der Waals surface area contributed by atoms with Crippen LogP contribution in [0.5, 0.6) is 0 Å². The lowest BCUT2D eigenvalue weighted by atomic mass is 9.96. The zero-order chi connectivity index (χ0) is 10.9. The molecule has 0 aromatic rings. The standard InChI is InChI=1S/C11H23N3S.HI/c1-15-9-5-8-13-11(12)14-10-6-3-2-4-7-10;/h10H,2-9H2,1H3,(H3,12,13,14);1H. The van der Waals surface area contributed by atoms with Gasteiger partial charge in [-0.1, -0.05) is 19.3 Å². The van der Waals surface area contributed by atoms with Gasteiger partial charge in [0.25, 0.3) is 0 Å². The molecule has 1 saturated carbocycles. The molecule has 0 saturated heterocycles. The number of thioether (sulfide) groups is 1. The molecule has 0 aliphatic heterocycles. The summed E-state index contributed by atoms with van der Waals surface area (Å²) in [4.78, 5) is 4.33. The Morgan fingerprint density at radius 1 is 1.38 bits per heavy atom. The van der Waals surface area contributed by atoms with E-state index in [1.54, 1.807) is 0 Å². The fraction of sp³-hybridized carbons (Fsp3) is 0.909. The molecule has 0 aromatic heterocycles. The van der Waals surface area contributed by atoms with E-state index < -0.39 is 0 Å². The van der Waals surface area contributed by atoms with Crippen LogP contribution in [0.15, 0.2) is 4.99 Å². The van der Waals surface area contributed by atoms with Crippen molar-refractivity contribution in [2.75, 3.05) is 18.6 Å². The van der Waals surface area contributed by atoms with Gasteiger partial charge in [-0.05, 0) is 31.3 Å². The van der Waals surface area contributed by atoms with Crippen molar-refractivity contribution in [3.63, 3.8) is 0 Å². The Labute approximate surface area is 120 Å². The van der Waals surface area contributed by atoms with Gasteiger partial charge in [0.05, 0.1) is 0 Å². The summed E-state index contributed by atoms with van der Waals surface area (Å²) in [6.07, 6.45) is 9.78. The van der Waals surface area contributed by atoms with E-state index in [0.717, 1.165) is 13.0 Å². The van der Waals surface area contributed by atoms with Crippen LogP contribution in [-0.4, -0.2) is 30.6 Å². The van der Waals surface area contributed by atoms with Gasteiger partial charge in [0.15, 0.2) is 5.96 Å². The van der Waals surface area contributed by atoms with E-state index in [0.29, 0.717) is 12.0 Å². The van der Waals surface area contributed by atoms with Crippen LogP contribution in [0.2, 0.25) is 0 Å². The minimum atomic E-state index is 0.